The molecule has 0 bridgehead atoms. The van der Waals surface area contributed by atoms with Gasteiger partial charge >= 0.3 is 406 Å². The van der Waals surface area contributed by atoms with Crippen LogP contribution in [0.25, 0.3) is 0 Å². The summed E-state index contributed by atoms with van der Waals surface area (Å²) >= 11 is 19.2. The summed E-state index contributed by atoms with van der Waals surface area (Å²) in [4.78, 5) is 4.32. The van der Waals surface area contributed by atoms with Crippen LogP contribution in [-0.4, -0.2) is 121 Å². The molecule has 6 N–H and O–H groups in total. The van der Waals surface area contributed by atoms with E-state index in [1.807, 2.05) is 0 Å². The molecule has 3 aliphatic rings. The van der Waals surface area contributed by atoms with E-state index in [9.17, 15) is 0 Å². The van der Waals surface area contributed by atoms with E-state index in [2.05, 4.69) is 149 Å². The maximum atomic E-state index is 5.99. The quantitative estimate of drug-likeness (QED) is 0.0663. The van der Waals surface area contributed by atoms with Gasteiger partial charge in [0.1, 0.15) is 0 Å². The van der Waals surface area contributed by atoms with Crippen LogP contribution in [-0.2, 0) is 0 Å². The molecule has 3 aliphatic carbocycles. The van der Waals surface area contributed by atoms with Gasteiger partial charge in [0.2, 0.25) is 0 Å². The van der Waals surface area contributed by atoms with Crippen molar-refractivity contribution in [2.75, 3.05) is 39.3 Å². The van der Waals surface area contributed by atoms with E-state index >= 15 is 0 Å². The SMILES string of the molecule is C[C@]1(NC(=S)NCCN(CCNC(=S)N[C@@]2(C)CCCC[C@@H]2[Se]c2ccccc2)CCNC(=S)N[C@@]2(C)CCCC[C@@H]2[Se]c2ccccc2)CCCC[C@@H]1[Se]c1ccccc1. The Bertz CT molecular complexity index is 1610. The van der Waals surface area contributed by atoms with Crippen LogP contribution in [0.1, 0.15) is 97.8 Å². The minimum absolute atomic E-state index is 0.00346. The van der Waals surface area contributed by atoms with Crippen molar-refractivity contribution in [2.45, 2.75) is 129 Å². The number of rotatable bonds is 18. The third-order valence-electron chi connectivity index (χ3n) is 12.8. The molecule has 0 saturated heterocycles. The molecule has 0 aromatic heterocycles. The number of nitrogens with zero attached hydrogens (tertiary/aromatic N) is 1. The zero-order valence-corrected chi connectivity index (χ0v) is 44.1. The Hall–Kier alpha value is -1.75. The van der Waals surface area contributed by atoms with Gasteiger partial charge in [-0.15, -0.1) is 0 Å². The first-order chi connectivity index (χ1) is 29.5. The molecule has 3 aromatic carbocycles. The molecule has 3 fully saturated rings. The zero-order chi connectivity index (χ0) is 43.0. The molecule has 7 nitrogen and oxygen atoms in total. The van der Waals surface area contributed by atoms with Gasteiger partial charge in [0.15, 0.2) is 0 Å². The Kier molecular flexibility index (Phi) is 19.6. The van der Waals surface area contributed by atoms with E-state index in [0.717, 1.165) is 73.9 Å². The first kappa shape index (κ1) is 48.7. The van der Waals surface area contributed by atoms with Crippen molar-refractivity contribution in [3.63, 3.8) is 0 Å². The zero-order valence-electron chi connectivity index (χ0n) is 36.5. The number of nitrogens with one attached hydrogen (secondary N) is 6. The van der Waals surface area contributed by atoms with Gasteiger partial charge in [-0.05, 0) is 0 Å². The second kappa shape index (κ2) is 24.5. The van der Waals surface area contributed by atoms with Crippen LogP contribution in [0.15, 0.2) is 91.0 Å². The number of benzene rings is 3. The summed E-state index contributed by atoms with van der Waals surface area (Å²) in [5, 5.41) is 24.6. The van der Waals surface area contributed by atoms with E-state index in [1.54, 1.807) is 0 Å². The first-order valence-electron chi connectivity index (χ1n) is 22.6. The molecule has 332 valence electrons. The second-order valence-corrected chi connectivity index (χ2v) is 27.0. The van der Waals surface area contributed by atoms with Crippen LogP contribution in [0, 0.1) is 0 Å². The van der Waals surface area contributed by atoms with Gasteiger partial charge in [0.25, 0.3) is 0 Å². The predicted octanol–water partition coefficient (Wildman–Crippen LogP) is 6.13. The fraction of sp³-hybridized carbons (Fsp3) is 0.562. The molecule has 6 rings (SSSR count). The average molecular weight is 1080 g/mol. The minimum atomic E-state index is 0.00346. The summed E-state index contributed by atoms with van der Waals surface area (Å²) in [6.45, 7) is 12.1. The Labute approximate surface area is 402 Å². The van der Waals surface area contributed by atoms with E-state index in [-0.39, 0.29) is 16.6 Å². The van der Waals surface area contributed by atoms with Crippen LogP contribution in [0.3, 0.4) is 0 Å². The molecule has 13 heteroatoms. The van der Waals surface area contributed by atoms with Crippen LogP contribution in [0.4, 0.5) is 0 Å². The Morgan fingerprint density at radius 3 is 1.03 bits per heavy atom. The number of hydrogen-bond acceptors (Lipinski definition) is 4. The van der Waals surface area contributed by atoms with Crippen molar-refractivity contribution in [1.29, 1.82) is 0 Å². The Morgan fingerprint density at radius 1 is 0.475 bits per heavy atom. The average Bonchev–Trinajstić information content (AvgIpc) is 3.24. The van der Waals surface area contributed by atoms with Crippen LogP contribution in [0.5, 0.6) is 0 Å². The summed E-state index contributed by atoms with van der Waals surface area (Å²) in [6, 6.07) is 33.1. The van der Waals surface area contributed by atoms with Crippen molar-refractivity contribution in [2.24, 2.45) is 0 Å². The van der Waals surface area contributed by atoms with Gasteiger partial charge in [-0.3, -0.25) is 0 Å². The number of hydrogen-bond donors (Lipinski definition) is 6. The Morgan fingerprint density at radius 2 is 0.754 bits per heavy atom. The molecule has 61 heavy (non-hydrogen) atoms. The summed E-state index contributed by atoms with van der Waals surface area (Å²) < 4.78 is 4.41. The van der Waals surface area contributed by atoms with Crippen LogP contribution in [0.2, 0.25) is 14.4 Å². The van der Waals surface area contributed by atoms with Crippen molar-refractivity contribution in [3.8, 4) is 0 Å². The van der Waals surface area contributed by atoms with Gasteiger partial charge in [-0.25, -0.2) is 0 Å². The second-order valence-electron chi connectivity index (χ2n) is 17.7. The fourth-order valence-corrected chi connectivity index (χ4v) is 18.7. The fourth-order valence-electron chi connectivity index (χ4n) is 9.12. The van der Waals surface area contributed by atoms with Crippen molar-refractivity contribution in [3.05, 3.63) is 91.0 Å². The van der Waals surface area contributed by atoms with Crippen LogP contribution < -0.4 is 45.3 Å². The van der Waals surface area contributed by atoms with Crippen molar-refractivity contribution >= 4 is 110 Å². The van der Waals surface area contributed by atoms with Gasteiger partial charge in [-0.1, -0.05) is 0 Å². The van der Waals surface area contributed by atoms with E-state index in [0.29, 0.717) is 59.3 Å². The third-order valence-corrected chi connectivity index (χ3v) is 23.5. The summed E-state index contributed by atoms with van der Waals surface area (Å²) in [7, 11) is 0. The molecule has 0 spiro atoms. The van der Waals surface area contributed by atoms with Gasteiger partial charge in [0.05, 0.1) is 0 Å². The van der Waals surface area contributed by atoms with Gasteiger partial charge in [-0.2, -0.15) is 0 Å². The Balaban J connectivity index is 1.01. The van der Waals surface area contributed by atoms with Gasteiger partial charge in [0, 0.05) is 0 Å². The van der Waals surface area contributed by atoms with Crippen molar-refractivity contribution < 1.29 is 0 Å². The molecule has 0 aliphatic heterocycles. The summed E-state index contributed by atoms with van der Waals surface area (Å²) in [6.07, 6.45) is 14.9. The normalized spacial score (nSPS) is 26.5. The first-order valence-corrected chi connectivity index (χ1v) is 29.3. The maximum absolute atomic E-state index is 5.99. The van der Waals surface area contributed by atoms with Crippen LogP contribution >= 0.6 is 36.7 Å². The monoisotopic (exact) mass is 1080 g/mol. The molecule has 0 heterocycles. The summed E-state index contributed by atoms with van der Waals surface area (Å²) in [5.74, 6) is 0. The molecule has 3 aromatic rings. The van der Waals surface area contributed by atoms with Crippen molar-refractivity contribution in [1.82, 2.24) is 36.8 Å². The molecular weight excluding hydrogens is 1010 g/mol. The molecule has 6 atom stereocenters. The molecule has 0 amide bonds. The van der Waals surface area contributed by atoms with E-state index < -0.39 is 0 Å². The number of thiocarbonyl (C=S) groups is 3. The standard InChI is InChI=1S/C48H69N7S3Se3/c1-46(28-16-13-25-40(46)59-37-19-7-4-8-20-37)52-43(56)49-31-34-55(35-32-50-44(57)53-47(2)29-17-14-26-41(47)60-38-21-9-5-10-22-38)36-33-51-45(58)54-48(3)30-18-15-27-42(48)61-39-23-11-6-12-24-39/h4-12,19-24,40-42H,13-18,25-36H2,1-3H3,(H2,49,52,56)(H2,50,53,57)(H2,51,54,58)/t40-,41-,42-,46-,47-,48-/m0/s1. The predicted molar refractivity (Wildman–Crippen MR) is 275 cm³/mol. The molecule has 0 radical (unpaired) electrons. The molecule has 0 unspecified atom stereocenters. The molecule has 3 saturated carbocycles. The topological polar surface area (TPSA) is 75.4 Å². The third kappa shape index (κ3) is 15.4. The van der Waals surface area contributed by atoms with Gasteiger partial charge < -0.3 is 0 Å². The summed E-state index contributed by atoms with van der Waals surface area (Å²) in [5.41, 5.74) is 0.0104. The molecular formula is C48H69N7S3Se3. The van der Waals surface area contributed by atoms with E-state index in [1.165, 1.54) is 71.2 Å². The van der Waals surface area contributed by atoms with E-state index in [4.69, 9.17) is 36.7 Å².